The molecule has 0 radical (unpaired) electrons. The molecule has 1 saturated heterocycles. The predicted molar refractivity (Wildman–Crippen MR) is 70.8 cm³/mol. The SMILES string of the molecule is CC(O)c1ccc(N2CCC(C)(O)CC2)cc1O. The number of benzene rings is 1. The van der Waals surface area contributed by atoms with Crippen molar-refractivity contribution in [3.63, 3.8) is 0 Å². The van der Waals surface area contributed by atoms with E-state index in [9.17, 15) is 15.3 Å². The monoisotopic (exact) mass is 251 g/mol. The molecule has 4 nitrogen and oxygen atoms in total. The largest absolute Gasteiger partial charge is 0.507 e. The normalized spacial score (nSPS) is 20.8. The second-order valence-electron chi connectivity index (χ2n) is 5.40. The van der Waals surface area contributed by atoms with Gasteiger partial charge in [-0.15, -0.1) is 0 Å². The lowest BCUT2D eigenvalue weighted by atomic mass is 9.93. The highest BCUT2D eigenvalue weighted by Crippen LogP contribution is 2.31. The second kappa shape index (κ2) is 4.78. The van der Waals surface area contributed by atoms with Crippen molar-refractivity contribution in [1.29, 1.82) is 0 Å². The minimum absolute atomic E-state index is 0.125. The van der Waals surface area contributed by atoms with Crippen molar-refractivity contribution in [2.24, 2.45) is 0 Å². The Morgan fingerprint density at radius 1 is 1.28 bits per heavy atom. The van der Waals surface area contributed by atoms with E-state index in [2.05, 4.69) is 4.90 Å². The Morgan fingerprint density at radius 2 is 1.89 bits per heavy atom. The average molecular weight is 251 g/mol. The predicted octanol–water partition coefficient (Wildman–Crippen LogP) is 1.80. The van der Waals surface area contributed by atoms with Crippen LogP contribution in [0, 0.1) is 0 Å². The third kappa shape index (κ3) is 2.76. The molecule has 1 unspecified atom stereocenters. The van der Waals surface area contributed by atoms with Gasteiger partial charge < -0.3 is 20.2 Å². The number of phenols is 1. The fourth-order valence-electron chi connectivity index (χ4n) is 2.33. The molecular formula is C14H21NO3. The number of piperidine rings is 1. The first-order valence-corrected chi connectivity index (χ1v) is 6.37. The first-order chi connectivity index (χ1) is 8.39. The van der Waals surface area contributed by atoms with E-state index >= 15 is 0 Å². The van der Waals surface area contributed by atoms with Gasteiger partial charge in [-0.1, -0.05) is 6.07 Å². The van der Waals surface area contributed by atoms with Crippen molar-refractivity contribution in [3.8, 4) is 5.75 Å². The molecule has 1 heterocycles. The number of aliphatic hydroxyl groups excluding tert-OH is 1. The fraction of sp³-hybridized carbons (Fsp3) is 0.571. The summed E-state index contributed by atoms with van der Waals surface area (Å²) in [4.78, 5) is 2.14. The molecule has 18 heavy (non-hydrogen) atoms. The summed E-state index contributed by atoms with van der Waals surface area (Å²) < 4.78 is 0. The number of hydrogen-bond acceptors (Lipinski definition) is 4. The molecule has 1 aromatic rings. The van der Waals surface area contributed by atoms with Crippen LogP contribution in [0.15, 0.2) is 18.2 Å². The van der Waals surface area contributed by atoms with Crippen molar-refractivity contribution in [2.45, 2.75) is 38.4 Å². The van der Waals surface area contributed by atoms with Crippen molar-refractivity contribution in [3.05, 3.63) is 23.8 Å². The number of aromatic hydroxyl groups is 1. The molecular weight excluding hydrogens is 230 g/mol. The van der Waals surface area contributed by atoms with E-state index in [-0.39, 0.29) is 5.75 Å². The van der Waals surface area contributed by atoms with E-state index in [4.69, 9.17) is 0 Å². The van der Waals surface area contributed by atoms with E-state index < -0.39 is 11.7 Å². The number of phenolic OH excluding ortho intramolecular Hbond substituents is 1. The van der Waals surface area contributed by atoms with E-state index in [1.54, 1.807) is 19.1 Å². The zero-order valence-corrected chi connectivity index (χ0v) is 10.9. The number of anilines is 1. The van der Waals surface area contributed by atoms with E-state index in [0.717, 1.165) is 31.6 Å². The molecule has 2 rings (SSSR count). The number of hydrogen-bond donors (Lipinski definition) is 3. The second-order valence-corrected chi connectivity index (χ2v) is 5.40. The highest BCUT2D eigenvalue weighted by atomic mass is 16.3. The number of aliphatic hydroxyl groups is 2. The van der Waals surface area contributed by atoms with Gasteiger partial charge in [0.2, 0.25) is 0 Å². The maximum atomic E-state index is 9.90. The standard InChI is InChI=1S/C14H21NO3/c1-10(16)12-4-3-11(9-13(12)17)15-7-5-14(2,18)6-8-15/h3-4,9-10,16-18H,5-8H2,1-2H3. The molecule has 1 atom stereocenters. The van der Waals surface area contributed by atoms with Gasteiger partial charge in [0.05, 0.1) is 11.7 Å². The van der Waals surface area contributed by atoms with Crippen LogP contribution in [0.1, 0.15) is 38.4 Å². The molecule has 0 saturated carbocycles. The third-order valence-electron chi connectivity index (χ3n) is 3.67. The fourth-order valence-corrected chi connectivity index (χ4v) is 2.33. The van der Waals surface area contributed by atoms with Gasteiger partial charge >= 0.3 is 0 Å². The van der Waals surface area contributed by atoms with Gasteiger partial charge in [0.1, 0.15) is 5.75 Å². The van der Waals surface area contributed by atoms with Gasteiger partial charge in [-0.25, -0.2) is 0 Å². The van der Waals surface area contributed by atoms with Crippen LogP contribution in [0.5, 0.6) is 5.75 Å². The van der Waals surface area contributed by atoms with Crippen molar-refractivity contribution < 1.29 is 15.3 Å². The molecule has 1 aromatic carbocycles. The lowest BCUT2D eigenvalue weighted by molar-refractivity contribution is 0.0351. The lowest BCUT2D eigenvalue weighted by Gasteiger charge is -2.37. The van der Waals surface area contributed by atoms with Crippen LogP contribution in [0.25, 0.3) is 0 Å². The van der Waals surface area contributed by atoms with Crippen LogP contribution < -0.4 is 4.90 Å². The highest BCUT2D eigenvalue weighted by molar-refractivity contribution is 5.54. The van der Waals surface area contributed by atoms with Gasteiger partial charge in [0.15, 0.2) is 0 Å². The molecule has 1 fully saturated rings. The van der Waals surface area contributed by atoms with Gasteiger partial charge in [-0.2, -0.15) is 0 Å². The summed E-state index contributed by atoms with van der Waals surface area (Å²) in [5, 5.41) is 29.2. The number of nitrogens with zero attached hydrogens (tertiary/aromatic N) is 1. The lowest BCUT2D eigenvalue weighted by Crippen LogP contribution is -2.42. The van der Waals surface area contributed by atoms with Crippen LogP contribution >= 0.6 is 0 Å². The number of rotatable bonds is 2. The van der Waals surface area contributed by atoms with Crippen molar-refractivity contribution in [1.82, 2.24) is 0 Å². The maximum Gasteiger partial charge on any atom is 0.123 e. The molecule has 4 heteroatoms. The summed E-state index contributed by atoms with van der Waals surface area (Å²) in [6, 6.07) is 5.34. The summed E-state index contributed by atoms with van der Waals surface area (Å²) in [7, 11) is 0. The Labute approximate surface area is 107 Å². The van der Waals surface area contributed by atoms with E-state index in [1.807, 2.05) is 13.0 Å². The van der Waals surface area contributed by atoms with Crippen LogP contribution in [-0.4, -0.2) is 34.0 Å². The molecule has 100 valence electrons. The topological polar surface area (TPSA) is 63.9 Å². The molecule has 3 N–H and O–H groups in total. The first kappa shape index (κ1) is 13.2. The van der Waals surface area contributed by atoms with E-state index in [0.29, 0.717) is 5.56 Å². The quantitative estimate of drug-likeness (QED) is 0.750. The zero-order chi connectivity index (χ0) is 13.3. The van der Waals surface area contributed by atoms with Crippen LogP contribution in [-0.2, 0) is 0 Å². The summed E-state index contributed by atoms with van der Waals surface area (Å²) >= 11 is 0. The summed E-state index contributed by atoms with van der Waals surface area (Å²) in [5.74, 6) is 0.125. The van der Waals surface area contributed by atoms with Crippen molar-refractivity contribution >= 4 is 5.69 Å². The van der Waals surface area contributed by atoms with Gasteiger partial charge in [-0.05, 0) is 32.8 Å². The van der Waals surface area contributed by atoms with Crippen molar-refractivity contribution in [2.75, 3.05) is 18.0 Å². The highest BCUT2D eigenvalue weighted by Gasteiger charge is 2.27. The maximum absolute atomic E-state index is 9.90. The Hall–Kier alpha value is -1.26. The molecule has 0 aliphatic carbocycles. The smallest absolute Gasteiger partial charge is 0.123 e. The molecule has 0 aromatic heterocycles. The van der Waals surface area contributed by atoms with Crippen LogP contribution in [0.2, 0.25) is 0 Å². The first-order valence-electron chi connectivity index (χ1n) is 6.37. The molecule has 1 aliphatic heterocycles. The van der Waals surface area contributed by atoms with Crippen LogP contribution in [0.3, 0.4) is 0 Å². The summed E-state index contributed by atoms with van der Waals surface area (Å²) in [5.41, 5.74) is 0.910. The molecule has 1 aliphatic rings. The van der Waals surface area contributed by atoms with Crippen LogP contribution in [0.4, 0.5) is 5.69 Å². The van der Waals surface area contributed by atoms with Gasteiger partial charge in [0, 0.05) is 30.4 Å². The van der Waals surface area contributed by atoms with Gasteiger partial charge in [0.25, 0.3) is 0 Å². The zero-order valence-electron chi connectivity index (χ0n) is 10.9. The molecule has 0 amide bonds. The molecule has 0 spiro atoms. The minimum atomic E-state index is -0.666. The Kier molecular flexibility index (Phi) is 3.50. The summed E-state index contributed by atoms with van der Waals surface area (Å²) in [6.45, 7) is 5.05. The third-order valence-corrected chi connectivity index (χ3v) is 3.67. The average Bonchev–Trinajstić information content (AvgIpc) is 2.28. The molecule has 0 bridgehead atoms. The minimum Gasteiger partial charge on any atom is -0.507 e. The van der Waals surface area contributed by atoms with Gasteiger partial charge in [-0.3, -0.25) is 0 Å². The summed E-state index contributed by atoms with van der Waals surface area (Å²) in [6.07, 6.45) is 0.791. The Balaban J connectivity index is 2.13. The Bertz CT molecular complexity index is 419. The Morgan fingerprint density at radius 3 is 2.39 bits per heavy atom. The van der Waals surface area contributed by atoms with E-state index in [1.165, 1.54) is 0 Å².